The normalized spacial score (nSPS) is 19.3. The van der Waals surface area contributed by atoms with E-state index in [0.717, 1.165) is 38.0 Å². The highest BCUT2D eigenvalue weighted by molar-refractivity contribution is 5.95. The average molecular weight is 291 g/mol. The van der Waals surface area contributed by atoms with Crippen LogP contribution >= 0.6 is 0 Å². The molecule has 1 unspecified atom stereocenters. The maximum Gasteiger partial charge on any atom is 0.254 e. The lowest BCUT2D eigenvalue weighted by atomic mass is 10.0. The molecule has 21 heavy (non-hydrogen) atoms. The number of piperidine rings is 1. The van der Waals surface area contributed by atoms with Gasteiger partial charge >= 0.3 is 0 Å². The van der Waals surface area contributed by atoms with Crippen LogP contribution in [0.5, 0.6) is 0 Å². The van der Waals surface area contributed by atoms with Gasteiger partial charge in [0.15, 0.2) is 0 Å². The molecular weight excluding hydrogens is 266 g/mol. The lowest BCUT2D eigenvalue weighted by Gasteiger charge is -2.36. The second-order valence-electron chi connectivity index (χ2n) is 5.70. The first-order chi connectivity index (χ1) is 10.0. The van der Waals surface area contributed by atoms with Gasteiger partial charge in [0.05, 0.1) is 0 Å². The highest BCUT2D eigenvalue weighted by atomic mass is 16.2. The molecule has 0 spiro atoms. The highest BCUT2D eigenvalue weighted by Crippen LogP contribution is 2.18. The van der Waals surface area contributed by atoms with Crippen LogP contribution in [0.25, 0.3) is 0 Å². The number of anilines is 1. The topological polar surface area (TPSA) is 74.5 Å². The summed E-state index contributed by atoms with van der Waals surface area (Å²) in [5.74, 6) is 6.00. The van der Waals surface area contributed by atoms with Crippen molar-refractivity contribution in [2.75, 3.05) is 32.6 Å². The Morgan fingerprint density at radius 3 is 2.95 bits per heavy atom. The Morgan fingerprint density at radius 1 is 1.57 bits per heavy atom. The zero-order chi connectivity index (χ0) is 15.4. The third-order valence-electron chi connectivity index (χ3n) is 4.10. The third-order valence-corrected chi connectivity index (χ3v) is 4.10. The van der Waals surface area contributed by atoms with Crippen LogP contribution in [-0.4, -0.2) is 53.9 Å². The fourth-order valence-corrected chi connectivity index (χ4v) is 2.79. The minimum absolute atomic E-state index is 0.0314. The summed E-state index contributed by atoms with van der Waals surface area (Å²) in [6.45, 7) is 4.04. The number of carbonyl (C=O) groups is 1. The number of likely N-dealkylation sites (N-methyl/N-ethyl adjacent to an activating group) is 2. The lowest BCUT2D eigenvalue weighted by Crippen LogP contribution is -2.47. The Balaban J connectivity index is 2.18. The smallest absolute Gasteiger partial charge is 0.254 e. The summed E-state index contributed by atoms with van der Waals surface area (Å²) in [7, 11) is 3.98. The molecular formula is C15H25N5O. The predicted molar refractivity (Wildman–Crippen MR) is 84.0 cm³/mol. The Bertz CT molecular complexity index is 483. The molecule has 0 radical (unpaired) electrons. The van der Waals surface area contributed by atoms with Gasteiger partial charge in [-0.15, -0.1) is 0 Å². The first-order valence-corrected chi connectivity index (χ1v) is 7.48. The highest BCUT2D eigenvalue weighted by Gasteiger charge is 2.25. The minimum atomic E-state index is 0.0314. The van der Waals surface area contributed by atoms with Gasteiger partial charge in [0.25, 0.3) is 5.91 Å². The van der Waals surface area contributed by atoms with E-state index in [1.807, 2.05) is 24.9 Å². The van der Waals surface area contributed by atoms with Gasteiger partial charge in [-0.05, 0) is 45.0 Å². The van der Waals surface area contributed by atoms with Crippen LogP contribution in [0.15, 0.2) is 12.1 Å². The zero-order valence-corrected chi connectivity index (χ0v) is 13.1. The second kappa shape index (κ2) is 6.87. The number of likely N-dealkylation sites (tertiary alicyclic amines) is 1. The monoisotopic (exact) mass is 291 g/mol. The number of hydrogen-bond acceptors (Lipinski definition) is 5. The van der Waals surface area contributed by atoms with Crippen LogP contribution in [0.4, 0.5) is 5.82 Å². The number of nitrogens with two attached hydrogens (primary N) is 1. The van der Waals surface area contributed by atoms with Crippen molar-refractivity contribution in [3.05, 3.63) is 23.4 Å². The van der Waals surface area contributed by atoms with Crippen LogP contribution in [-0.2, 0) is 6.42 Å². The molecule has 6 heteroatoms. The number of nitrogens with zero attached hydrogens (tertiary/aromatic N) is 3. The quantitative estimate of drug-likeness (QED) is 0.642. The fourth-order valence-electron chi connectivity index (χ4n) is 2.79. The Kier molecular flexibility index (Phi) is 5.14. The van der Waals surface area contributed by atoms with Crippen LogP contribution < -0.4 is 11.3 Å². The van der Waals surface area contributed by atoms with E-state index in [1.54, 1.807) is 6.07 Å². The molecule has 1 aromatic rings. The van der Waals surface area contributed by atoms with Crippen molar-refractivity contribution in [3.8, 4) is 0 Å². The SMILES string of the molecule is CCc1cc(C(=O)N(C)C2CCCN(C)C2)cc(NN)n1. The van der Waals surface area contributed by atoms with Crippen molar-refractivity contribution in [1.29, 1.82) is 0 Å². The molecule has 1 aliphatic heterocycles. The number of pyridine rings is 1. The number of aromatic nitrogens is 1. The predicted octanol–water partition coefficient (Wildman–Crippen LogP) is 1.10. The van der Waals surface area contributed by atoms with Crippen molar-refractivity contribution in [1.82, 2.24) is 14.8 Å². The van der Waals surface area contributed by atoms with E-state index in [1.165, 1.54) is 0 Å². The van der Waals surface area contributed by atoms with Gasteiger partial charge in [-0.1, -0.05) is 6.92 Å². The molecule has 2 heterocycles. The molecule has 1 aromatic heterocycles. The van der Waals surface area contributed by atoms with Gasteiger partial charge in [-0.3, -0.25) is 4.79 Å². The third kappa shape index (κ3) is 3.71. The number of nitrogens with one attached hydrogen (secondary N) is 1. The molecule has 1 atom stereocenters. The van der Waals surface area contributed by atoms with E-state index in [0.29, 0.717) is 11.4 Å². The summed E-state index contributed by atoms with van der Waals surface area (Å²) >= 11 is 0. The Morgan fingerprint density at radius 2 is 2.33 bits per heavy atom. The summed E-state index contributed by atoms with van der Waals surface area (Å²) in [6.07, 6.45) is 2.96. The van der Waals surface area contributed by atoms with E-state index >= 15 is 0 Å². The maximum absolute atomic E-state index is 12.7. The van der Waals surface area contributed by atoms with Crippen molar-refractivity contribution < 1.29 is 4.79 Å². The molecule has 1 fully saturated rings. The van der Waals surface area contributed by atoms with Gasteiger partial charge in [-0.25, -0.2) is 10.8 Å². The summed E-state index contributed by atoms with van der Waals surface area (Å²) in [4.78, 5) is 21.1. The maximum atomic E-state index is 12.7. The van der Waals surface area contributed by atoms with E-state index in [4.69, 9.17) is 5.84 Å². The standard InChI is InChI=1S/C15H25N5O/c1-4-12-8-11(9-14(17-12)18-16)15(21)20(3)13-6-5-7-19(2)10-13/h8-9,13H,4-7,10,16H2,1-3H3,(H,17,18). The number of rotatable bonds is 4. The van der Waals surface area contributed by atoms with E-state index in [2.05, 4.69) is 22.4 Å². The lowest BCUT2D eigenvalue weighted by molar-refractivity contribution is 0.0644. The van der Waals surface area contributed by atoms with E-state index < -0.39 is 0 Å². The largest absolute Gasteiger partial charge is 0.337 e. The summed E-state index contributed by atoms with van der Waals surface area (Å²) in [6, 6.07) is 3.83. The summed E-state index contributed by atoms with van der Waals surface area (Å²) in [5.41, 5.74) is 4.04. The van der Waals surface area contributed by atoms with Gasteiger partial charge < -0.3 is 15.2 Å². The molecule has 2 rings (SSSR count). The number of nitrogen functional groups attached to an aromatic ring is 1. The molecule has 0 aliphatic carbocycles. The fraction of sp³-hybridized carbons (Fsp3) is 0.600. The average Bonchev–Trinajstić information content (AvgIpc) is 2.52. The molecule has 0 aromatic carbocycles. The van der Waals surface area contributed by atoms with E-state index in [9.17, 15) is 4.79 Å². The molecule has 1 aliphatic rings. The molecule has 1 amide bonds. The molecule has 116 valence electrons. The number of amides is 1. The van der Waals surface area contributed by atoms with Crippen molar-refractivity contribution in [3.63, 3.8) is 0 Å². The number of hydrogen-bond donors (Lipinski definition) is 2. The van der Waals surface area contributed by atoms with Crippen molar-refractivity contribution in [2.45, 2.75) is 32.2 Å². The van der Waals surface area contributed by atoms with Gasteiger partial charge in [0.1, 0.15) is 5.82 Å². The van der Waals surface area contributed by atoms with Crippen molar-refractivity contribution >= 4 is 11.7 Å². The van der Waals surface area contributed by atoms with Gasteiger partial charge in [-0.2, -0.15) is 0 Å². The number of aryl methyl sites for hydroxylation is 1. The summed E-state index contributed by atoms with van der Waals surface area (Å²) in [5, 5.41) is 0. The summed E-state index contributed by atoms with van der Waals surface area (Å²) < 4.78 is 0. The van der Waals surface area contributed by atoms with Gasteiger partial charge in [0, 0.05) is 30.9 Å². The van der Waals surface area contributed by atoms with Crippen molar-refractivity contribution in [2.24, 2.45) is 5.84 Å². The van der Waals surface area contributed by atoms with Crippen LogP contribution in [0.1, 0.15) is 35.8 Å². The Labute approximate surface area is 126 Å². The number of hydrazine groups is 1. The number of carbonyl (C=O) groups excluding carboxylic acids is 1. The zero-order valence-electron chi connectivity index (χ0n) is 13.1. The minimum Gasteiger partial charge on any atom is -0.337 e. The molecule has 0 bridgehead atoms. The van der Waals surface area contributed by atoms with Gasteiger partial charge in [0.2, 0.25) is 0 Å². The molecule has 3 N–H and O–H groups in total. The second-order valence-corrected chi connectivity index (χ2v) is 5.70. The Hall–Kier alpha value is -1.66. The van der Waals surface area contributed by atoms with Crippen LogP contribution in [0.3, 0.4) is 0 Å². The molecule has 0 saturated carbocycles. The molecule has 6 nitrogen and oxygen atoms in total. The first kappa shape index (κ1) is 15.7. The van der Waals surface area contributed by atoms with Crippen LogP contribution in [0, 0.1) is 0 Å². The molecule has 1 saturated heterocycles. The first-order valence-electron chi connectivity index (χ1n) is 7.48. The van der Waals surface area contributed by atoms with Crippen LogP contribution in [0.2, 0.25) is 0 Å². The van der Waals surface area contributed by atoms with E-state index in [-0.39, 0.29) is 11.9 Å².